The molecule has 1 aromatic carbocycles. The number of guanidine groups is 1. The number of benzene rings is 1. The normalized spacial score (nSPS) is 27.1. The zero-order valence-electron chi connectivity index (χ0n) is 19.9. The molecule has 0 aromatic heterocycles. The second-order valence-electron chi connectivity index (χ2n) is 9.41. The van der Waals surface area contributed by atoms with Gasteiger partial charge >= 0.3 is 0 Å². The predicted molar refractivity (Wildman–Crippen MR) is 143 cm³/mol. The Morgan fingerprint density at radius 2 is 1.84 bits per heavy atom. The van der Waals surface area contributed by atoms with E-state index < -0.39 is 0 Å². The molecule has 6 nitrogen and oxygen atoms in total. The van der Waals surface area contributed by atoms with E-state index in [-0.39, 0.29) is 24.0 Å². The van der Waals surface area contributed by atoms with Gasteiger partial charge in [-0.1, -0.05) is 30.3 Å². The summed E-state index contributed by atoms with van der Waals surface area (Å²) in [5.41, 5.74) is 1.44. The van der Waals surface area contributed by atoms with Gasteiger partial charge < -0.3 is 15.0 Å². The summed E-state index contributed by atoms with van der Waals surface area (Å²) in [6.07, 6.45) is 6.45. The Bertz CT molecular complexity index is 703. The first-order valence-electron chi connectivity index (χ1n) is 12.2. The van der Waals surface area contributed by atoms with Gasteiger partial charge in [-0.2, -0.15) is 0 Å². The van der Waals surface area contributed by atoms with Gasteiger partial charge in [0, 0.05) is 59.0 Å². The van der Waals surface area contributed by atoms with Crippen molar-refractivity contribution in [3.8, 4) is 0 Å². The summed E-state index contributed by atoms with van der Waals surface area (Å²) in [6, 6.07) is 12.3. The van der Waals surface area contributed by atoms with Crippen molar-refractivity contribution in [2.45, 2.75) is 50.7 Å². The Kier molecular flexibility index (Phi) is 10.5. The number of likely N-dealkylation sites (tertiary alicyclic amines) is 3. The fraction of sp³-hybridized carbons (Fsp3) is 0.720. The summed E-state index contributed by atoms with van der Waals surface area (Å²) in [7, 11) is 3.73. The fourth-order valence-electron chi connectivity index (χ4n) is 5.88. The Morgan fingerprint density at radius 3 is 2.62 bits per heavy atom. The topological polar surface area (TPSA) is 43.3 Å². The highest BCUT2D eigenvalue weighted by Gasteiger charge is 2.37. The number of halogens is 1. The van der Waals surface area contributed by atoms with Crippen molar-refractivity contribution in [2.75, 3.05) is 60.0 Å². The van der Waals surface area contributed by atoms with Gasteiger partial charge in [0.25, 0.3) is 0 Å². The molecular weight excluding hydrogens is 513 g/mol. The van der Waals surface area contributed by atoms with Crippen LogP contribution in [0.3, 0.4) is 0 Å². The lowest BCUT2D eigenvalue weighted by Crippen LogP contribution is -2.57. The average Bonchev–Trinajstić information content (AvgIpc) is 3.26. The van der Waals surface area contributed by atoms with Crippen LogP contribution in [0.15, 0.2) is 35.3 Å². The van der Waals surface area contributed by atoms with Crippen molar-refractivity contribution in [3.05, 3.63) is 35.9 Å². The lowest BCUT2D eigenvalue weighted by atomic mass is 9.83. The smallest absolute Gasteiger partial charge is 0.193 e. The number of hydrogen-bond donors (Lipinski definition) is 1. The molecule has 0 aliphatic carbocycles. The quantitative estimate of drug-likeness (QED) is 0.318. The SMILES string of the molecule is CN=C(NCC1CCCN1CCOC)N1CCC2C(CCCN2Cc2ccccc2)C1.I. The van der Waals surface area contributed by atoms with Crippen LogP contribution in [-0.2, 0) is 11.3 Å². The zero-order valence-corrected chi connectivity index (χ0v) is 22.2. The lowest BCUT2D eigenvalue weighted by molar-refractivity contribution is 0.0371. The summed E-state index contributed by atoms with van der Waals surface area (Å²) in [5, 5.41) is 3.71. The van der Waals surface area contributed by atoms with Gasteiger partial charge in [0.15, 0.2) is 5.96 Å². The Morgan fingerprint density at radius 1 is 1.06 bits per heavy atom. The molecule has 0 spiro atoms. The summed E-state index contributed by atoms with van der Waals surface area (Å²) < 4.78 is 5.29. The van der Waals surface area contributed by atoms with E-state index in [0.717, 1.165) is 51.2 Å². The molecule has 3 fully saturated rings. The second-order valence-corrected chi connectivity index (χ2v) is 9.41. The molecule has 0 bridgehead atoms. The Balaban J connectivity index is 0.00000289. The van der Waals surface area contributed by atoms with Gasteiger partial charge in [0.1, 0.15) is 0 Å². The number of hydrogen-bond acceptors (Lipinski definition) is 4. The minimum absolute atomic E-state index is 0. The Labute approximate surface area is 211 Å². The molecule has 3 saturated heterocycles. The van der Waals surface area contributed by atoms with Gasteiger partial charge in [-0.15, -0.1) is 24.0 Å². The summed E-state index contributed by atoms with van der Waals surface area (Å²) in [6.45, 7) is 8.60. The van der Waals surface area contributed by atoms with Crippen LogP contribution in [-0.4, -0.2) is 92.8 Å². The number of ether oxygens (including phenoxy) is 1. The molecule has 4 rings (SSSR count). The van der Waals surface area contributed by atoms with E-state index in [1.54, 1.807) is 7.11 Å². The van der Waals surface area contributed by atoms with Crippen molar-refractivity contribution in [3.63, 3.8) is 0 Å². The van der Waals surface area contributed by atoms with E-state index in [9.17, 15) is 0 Å². The first kappa shape index (κ1) is 25.7. The molecule has 3 heterocycles. The van der Waals surface area contributed by atoms with Crippen LogP contribution >= 0.6 is 24.0 Å². The number of rotatable bonds is 7. The van der Waals surface area contributed by atoms with Gasteiger partial charge in [-0.05, 0) is 56.7 Å². The standard InChI is InChI=1S/C25H41N5O.HI/c1-26-25(27-18-23-11-7-13-28(23)16-17-31-2)30-15-12-24-22(20-30)10-6-14-29(24)19-21-8-4-3-5-9-21;/h3-5,8-9,22-24H,6-7,10-20H2,1-2H3,(H,26,27);1H. The molecule has 1 N–H and O–H groups in total. The van der Waals surface area contributed by atoms with Crippen LogP contribution in [0.2, 0.25) is 0 Å². The molecule has 3 unspecified atom stereocenters. The predicted octanol–water partition coefficient (Wildman–Crippen LogP) is 3.28. The van der Waals surface area contributed by atoms with Crippen molar-refractivity contribution >= 4 is 29.9 Å². The summed E-state index contributed by atoms with van der Waals surface area (Å²) in [4.78, 5) is 12.5. The fourth-order valence-corrected chi connectivity index (χ4v) is 5.88. The molecule has 3 aliphatic rings. The van der Waals surface area contributed by atoms with E-state index in [1.165, 1.54) is 50.8 Å². The maximum absolute atomic E-state index is 5.29. The number of aliphatic imine (C=N–C) groups is 1. The molecule has 32 heavy (non-hydrogen) atoms. The van der Waals surface area contributed by atoms with Crippen LogP contribution in [0.1, 0.15) is 37.7 Å². The van der Waals surface area contributed by atoms with Crippen LogP contribution < -0.4 is 5.32 Å². The van der Waals surface area contributed by atoms with Crippen molar-refractivity contribution < 1.29 is 4.74 Å². The van der Waals surface area contributed by atoms with Crippen molar-refractivity contribution in [2.24, 2.45) is 10.9 Å². The van der Waals surface area contributed by atoms with Crippen LogP contribution in [0.25, 0.3) is 0 Å². The monoisotopic (exact) mass is 555 g/mol. The number of fused-ring (bicyclic) bond motifs is 1. The van der Waals surface area contributed by atoms with E-state index >= 15 is 0 Å². The van der Waals surface area contributed by atoms with Crippen LogP contribution in [0, 0.1) is 5.92 Å². The molecule has 0 saturated carbocycles. The first-order chi connectivity index (χ1) is 15.3. The van der Waals surface area contributed by atoms with Gasteiger partial charge in [0.05, 0.1) is 6.61 Å². The number of nitrogens with zero attached hydrogens (tertiary/aromatic N) is 4. The van der Waals surface area contributed by atoms with E-state index in [0.29, 0.717) is 12.1 Å². The highest BCUT2D eigenvalue weighted by molar-refractivity contribution is 14.0. The molecule has 1 aromatic rings. The minimum Gasteiger partial charge on any atom is -0.383 e. The minimum atomic E-state index is 0. The highest BCUT2D eigenvalue weighted by atomic mass is 127. The molecule has 0 radical (unpaired) electrons. The lowest BCUT2D eigenvalue weighted by Gasteiger charge is -2.48. The van der Waals surface area contributed by atoms with Crippen LogP contribution in [0.5, 0.6) is 0 Å². The van der Waals surface area contributed by atoms with Crippen LogP contribution in [0.4, 0.5) is 0 Å². The third-order valence-electron chi connectivity index (χ3n) is 7.50. The molecule has 0 amide bonds. The molecule has 7 heteroatoms. The molecule has 180 valence electrons. The number of methoxy groups -OCH3 is 1. The maximum Gasteiger partial charge on any atom is 0.193 e. The van der Waals surface area contributed by atoms with Gasteiger partial charge in [-0.25, -0.2) is 0 Å². The first-order valence-corrected chi connectivity index (χ1v) is 12.2. The molecule has 3 aliphatic heterocycles. The average molecular weight is 556 g/mol. The zero-order chi connectivity index (χ0) is 21.5. The van der Waals surface area contributed by atoms with Crippen molar-refractivity contribution in [1.82, 2.24) is 20.0 Å². The van der Waals surface area contributed by atoms with Gasteiger partial charge in [0.2, 0.25) is 0 Å². The summed E-state index contributed by atoms with van der Waals surface area (Å²) >= 11 is 0. The second kappa shape index (κ2) is 13.1. The Hall–Kier alpha value is -0.900. The third-order valence-corrected chi connectivity index (χ3v) is 7.50. The largest absolute Gasteiger partial charge is 0.383 e. The van der Waals surface area contributed by atoms with Gasteiger partial charge in [-0.3, -0.25) is 14.8 Å². The summed E-state index contributed by atoms with van der Waals surface area (Å²) in [5.74, 6) is 1.84. The third kappa shape index (κ3) is 6.58. The van der Waals surface area contributed by atoms with Crippen molar-refractivity contribution in [1.29, 1.82) is 0 Å². The van der Waals surface area contributed by atoms with E-state index in [1.807, 2.05) is 7.05 Å². The molecular formula is C25H42IN5O. The maximum atomic E-state index is 5.29. The molecule has 3 atom stereocenters. The highest BCUT2D eigenvalue weighted by Crippen LogP contribution is 2.31. The van der Waals surface area contributed by atoms with E-state index in [2.05, 4.69) is 55.3 Å². The van der Waals surface area contributed by atoms with E-state index in [4.69, 9.17) is 4.74 Å². The number of nitrogens with one attached hydrogen (secondary N) is 1. The number of piperidine rings is 2.